The van der Waals surface area contributed by atoms with E-state index in [1.54, 1.807) is 0 Å². The Kier molecular flexibility index (Phi) is 14.2. The second kappa shape index (κ2) is 19.4. The zero-order chi connectivity index (χ0) is 37.5. The van der Waals surface area contributed by atoms with Crippen LogP contribution in [0, 0.1) is 0 Å². The molecular weight excluding hydrogens is 677 g/mol. The minimum Gasteiger partial charge on any atom is -0.475 e. The van der Waals surface area contributed by atoms with Crippen molar-refractivity contribution in [3.05, 3.63) is 162 Å². The number of amides is 2. The van der Waals surface area contributed by atoms with E-state index in [0.29, 0.717) is 6.54 Å². The maximum Gasteiger partial charge on any atom is 0.490 e. The molecule has 1 heterocycles. The Labute approximate surface area is 309 Å². The lowest BCUT2D eigenvalue weighted by atomic mass is 9.99. The monoisotopic (exact) mass is 722 g/mol. The number of likely N-dealkylation sites (tertiary alicyclic amines) is 1. The number of carbonyl (C=O) groups excluding carboxylic acids is 1. The molecule has 1 aliphatic heterocycles. The third kappa shape index (κ3) is 12.6. The number of nitrogens with zero attached hydrogens (tertiary/aromatic N) is 2. The molecule has 0 aliphatic carbocycles. The number of urea groups is 1. The van der Waals surface area contributed by atoms with Gasteiger partial charge in [0.1, 0.15) is 0 Å². The minimum atomic E-state index is -5.08. The Hall–Kier alpha value is -5.45. The first-order valence-corrected chi connectivity index (χ1v) is 17.8. The molecule has 3 N–H and O–H groups in total. The van der Waals surface area contributed by atoms with E-state index in [2.05, 4.69) is 130 Å². The van der Waals surface area contributed by atoms with Gasteiger partial charge in [-0.2, -0.15) is 13.2 Å². The quantitative estimate of drug-likeness (QED) is 0.112. The molecule has 2 amide bonds. The Morgan fingerprint density at radius 2 is 1.26 bits per heavy atom. The van der Waals surface area contributed by atoms with Crippen molar-refractivity contribution >= 4 is 17.7 Å². The summed E-state index contributed by atoms with van der Waals surface area (Å²) < 4.78 is 31.7. The van der Waals surface area contributed by atoms with Crippen molar-refractivity contribution in [2.45, 2.75) is 51.1 Å². The molecule has 6 rings (SSSR count). The van der Waals surface area contributed by atoms with Crippen LogP contribution < -0.4 is 10.6 Å². The van der Waals surface area contributed by atoms with E-state index in [0.717, 1.165) is 63.2 Å². The Bertz CT molecular complexity index is 1850. The molecule has 53 heavy (non-hydrogen) atoms. The lowest BCUT2D eigenvalue weighted by molar-refractivity contribution is -0.192. The normalized spacial score (nSPS) is 13.4. The first-order chi connectivity index (χ1) is 25.6. The van der Waals surface area contributed by atoms with E-state index in [1.165, 1.54) is 27.8 Å². The molecule has 0 saturated carbocycles. The van der Waals surface area contributed by atoms with E-state index in [-0.39, 0.29) is 12.1 Å². The second-order valence-electron chi connectivity index (χ2n) is 13.0. The predicted molar refractivity (Wildman–Crippen MR) is 203 cm³/mol. The highest BCUT2D eigenvalue weighted by Crippen LogP contribution is 2.25. The van der Waals surface area contributed by atoms with Crippen molar-refractivity contribution in [2.24, 2.45) is 0 Å². The maximum atomic E-state index is 13.8. The highest BCUT2D eigenvalue weighted by Gasteiger charge is 2.38. The van der Waals surface area contributed by atoms with Gasteiger partial charge in [0.2, 0.25) is 0 Å². The number of nitrogens with one attached hydrogen (secondary N) is 2. The van der Waals surface area contributed by atoms with Crippen LogP contribution in [-0.2, 0) is 30.8 Å². The number of anilines is 1. The number of hydrogen-bond donors (Lipinski definition) is 3. The predicted octanol–water partition coefficient (Wildman–Crippen LogP) is 9.02. The zero-order valence-electron chi connectivity index (χ0n) is 29.5. The third-order valence-electron chi connectivity index (χ3n) is 9.10. The van der Waals surface area contributed by atoms with Crippen LogP contribution in [0.15, 0.2) is 140 Å². The van der Waals surface area contributed by atoms with Gasteiger partial charge in [0, 0.05) is 44.5 Å². The van der Waals surface area contributed by atoms with Gasteiger partial charge in [-0.05, 0) is 77.4 Å². The van der Waals surface area contributed by atoms with Crippen LogP contribution in [0.1, 0.15) is 35.1 Å². The maximum absolute atomic E-state index is 13.8. The number of benzene rings is 5. The largest absolute Gasteiger partial charge is 0.490 e. The molecule has 0 spiro atoms. The molecule has 0 unspecified atom stereocenters. The number of para-hydroxylation sites is 1. The van der Waals surface area contributed by atoms with Crippen molar-refractivity contribution in [1.82, 2.24) is 15.1 Å². The summed E-state index contributed by atoms with van der Waals surface area (Å²) in [7, 11) is 0. The summed E-state index contributed by atoms with van der Waals surface area (Å²) in [6.45, 7) is 5.27. The number of carboxylic acid groups (broad SMARTS) is 1. The van der Waals surface area contributed by atoms with Gasteiger partial charge in [0.05, 0.1) is 0 Å². The summed E-state index contributed by atoms with van der Waals surface area (Å²) >= 11 is 0. The molecular formula is C43H45F3N4O3. The number of alkyl halides is 3. The Morgan fingerprint density at radius 3 is 1.87 bits per heavy atom. The smallest absolute Gasteiger partial charge is 0.475 e. The molecule has 0 bridgehead atoms. The fourth-order valence-electron chi connectivity index (χ4n) is 6.29. The summed E-state index contributed by atoms with van der Waals surface area (Å²) in [4.78, 5) is 27.2. The van der Waals surface area contributed by atoms with E-state index >= 15 is 0 Å². The van der Waals surface area contributed by atoms with Gasteiger partial charge >= 0.3 is 18.2 Å². The number of aliphatic carboxylic acids is 1. The number of carbonyl (C=O) groups is 2. The average molecular weight is 723 g/mol. The number of halogens is 3. The fourth-order valence-corrected chi connectivity index (χ4v) is 6.29. The first-order valence-electron chi connectivity index (χ1n) is 17.8. The van der Waals surface area contributed by atoms with E-state index in [9.17, 15) is 18.0 Å². The van der Waals surface area contributed by atoms with Crippen LogP contribution in [0.3, 0.4) is 0 Å². The summed E-state index contributed by atoms with van der Waals surface area (Å²) in [5.74, 6) is -2.76. The number of carboxylic acids is 1. The molecule has 1 aliphatic rings. The van der Waals surface area contributed by atoms with Crippen molar-refractivity contribution in [3.63, 3.8) is 0 Å². The van der Waals surface area contributed by atoms with Crippen molar-refractivity contribution in [3.8, 4) is 11.1 Å². The van der Waals surface area contributed by atoms with Crippen LogP contribution in [0.5, 0.6) is 0 Å². The highest BCUT2D eigenvalue weighted by molar-refractivity contribution is 5.89. The van der Waals surface area contributed by atoms with Gasteiger partial charge in [0.25, 0.3) is 0 Å². The van der Waals surface area contributed by atoms with Gasteiger partial charge < -0.3 is 20.6 Å². The Balaban J connectivity index is 0.000000705. The van der Waals surface area contributed by atoms with Crippen LogP contribution >= 0.6 is 0 Å². The standard InChI is InChI=1S/C41H44N4O.C2HF3O2/c46-41(43-39-17-8-3-9-18-39)45(40-24-27-44(28-25-40)31-35-13-6-2-7-14-35)32-36-15-10-16-38(29-36)37-21-19-34(20-22-37)30-42-26-23-33-11-4-1-5-12-33;3-2(4,5)1(6)7/h1-22,29,40,42H,23-28,30-32H2,(H,43,46);(H,6,7). The van der Waals surface area contributed by atoms with Gasteiger partial charge in [-0.1, -0.05) is 121 Å². The van der Waals surface area contributed by atoms with E-state index in [1.807, 2.05) is 30.3 Å². The summed E-state index contributed by atoms with van der Waals surface area (Å²) in [5.41, 5.74) is 8.28. The molecule has 276 valence electrons. The molecule has 1 saturated heterocycles. The van der Waals surface area contributed by atoms with Gasteiger partial charge in [-0.15, -0.1) is 0 Å². The van der Waals surface area contributed by atoms with E-state index in [4.69, 9.17) is 9.90 Å². The van der Waals surface area contributed by atoms with Crippen molar-refractivity contribution < 1.29 is 27.9 Å². The zero-order valence-corrected chi connectivity index (χ0v) is 29.5. The van der Waals surface area contributed by atoms with Crippen LogP contribution in [0.4, 0.5) is 23.7 Å². The minimum absolute atomic E-state index is 0.0396. The molecule has 0 radical (unpaired) electrons. The first kappa shape index (κ1) is 38.8. The van der Waals surface area contributed by atoms with Gasteiger partial charge in [-0.25, -0.2) is 9.59 Å². The second-order valence-corrected chi connectivity index (χ2v) is 13.0. The van der Waals surface area contributed by atoms with Crippen LogP contribution in [0.2, 0.25) is 0 Å². The molecule has 10 heteroatoms. The highest BCUT2D eigenvalue weighted by atomic mass is 19.4. The lowest BCUT2D eigenvalue weighted by Gasteiger charge is -2.38. The summed E-state index contributed by atoms with van der Waals surface area (Å²) in [5, 5.41) is 13.9. The topological polar surface area (TPSA) is 84.9 Å². The van der Waals surface area contributed by atoms with Crippen molar-refractivity contribution in [1.29, 1.82) is 0 Å². The van der Waals surface area contributed by atoms with Crippen LogP contribution in [0.25, 0.3) is 11.1 Å². The van der Waals surface area contributed by atoms with Gasteiger partial charge in [-0.3, -0.25) is 4.90 Å². The molecule has 5 aromatic carbocycles. The third-order valence-corrected chi connectivity index (χ3v) is 9.10. The lowest BCUT2D eigenvalue weighted by Crippen LogP contribution is -2.48. The van der Waals surface area contributed by atoms with Crippen LogP contribution in [-0.4, -0.2) is 58.8 Å². The average Bonchev–Trinajstić information content (AvgIpc) is 3.17. The molecule has 1 fully saturated rings. The molecule has 0 aromatic heterocycles. The van der Waals surface area contributed by atoms with E-state index < -0.39 is 12.1 Å². The summed E-state index contributed by atoms with van der Waals surface area (Å²) in [6, 6.07) is 48.6. The Morgan fingerprint density at radius 1 is 0.698 bits per heavy atom. The number of hydrogen-bond acceptors (Lipinski definition) is 4. The van der Waals surface area contributed by atoms with Gasteiger partial charge in [0.15, 0.2) is 0 Å². The number of rotatable bonds is 12. The molecule has 7 nitrogen and oxygen atoms in total. The SMILES string of the molecule is O=C(Nc1ccccc1)N(Cc1cccc(-c2ccc(CNCCc3ccccc3)cc2)c1)C1CCN(Cc2ccccc2)CC1.O=C(O)C(F)(F)F. The summed E-state index contributed by atoms with van der Waals surface area (Å²) in [6.07, 6.45) is -2.15. The molecule has 5 aromatic rings. The molecule has 0 atom stereocenters. The fraction of sp³-hybridized carbons (Fsp3) is 0.256. The van der Waals surface area contributed by atoms with Crippen molar-refractivity contribution in [2.75, 3.05) is 25.0 Å². The number of piperidine rings is 1.